The van der Waals surface area contributed by atoms with Crippen LogP contribution in [0.5, 0.6) is 0 Å². The monoisotopic (exact) mass is 229 g/mol. The topological polar surface area (TPSA) is 40.5 Å². The highest BCUT2D eigenvalue weighted by molar-refractivity contribution is 5.94. The second-order valence-electron chi connectivity index (χ2n) is 4.04. The van der Waals surface area contributed by atoms with Crippen LogP contribution in [0, 0.1) is 11.8 Å². The van der Waals surface area contributed by atoms with Gasteiger partial charge in [0.05, 0.1) is 0 Å². The van der Waals surface area contributed by atoms with Gasteiger partial charge in [0.2, 0.25) is 0 Å². The van der Waals surface area contributed by atoms with Crippen molar-refractivity contribution in [2.45, 2.75) is 12.8 Å². The number of nitrogens with zero attached hydrogens (tertiary/aromatic N) is 1. The van der Waals surface area contributed by atoms with Crippen LogP contribution in [-0.2, 0) is 0 Å². The lowest BCUT2D eigenvalue weighted by atomic mass is 10.1. The Kier molecular flexibility index (Phi) is 3.79. The highest BCUT2D eigenvalue weighted by Crippen LogP contribution is 2.13. The van der Waals surface area contributed by atoms with E-state index in [1.165, 1.54) is 0 Å². The number of hydrogen-bond acceptors (Lipinski definition) is 2. The lowest BCUT2D eigenvalue weighted by molar-refractivity contribution is 0.0793. The molecule has 1 aromatic rings. The van der Waals surface area contributed by atoms with Gasteiger partial charge in [0.1, 0.15) is 6.61 Å². The molecule has 0 spiro atoms. The summed E-state index contributed by atoms with van der Waals surface area (Å²) in [6, 6.07) is 7.25. The smallest absolute Gasteiger partial charge is 0.253 e. The van der Waals surface area contributed by atoms with Crippen LogP contribution in [0.3, 0.4) is 0 Å². The maximum atomic E-state index is 12.1. The van der Waals surface area contributed by atoms with Crippen molar-refractivity contribution in [3.63, 3.8) is 0 Å². The van der Waals surface area contributed by atoms with Crippen molar-refractivity contribution in [1.29, 1.82) is 0 Å². The minimum atomic E-state index is -0.162. The Morgan fingerprint density at radius 1 is 1.35 bits per heavy atom. The summed E-state index contributed by atoms with van der Waals surface area (Å²) < 4.78 is 0. The van der Waals surface area contributed by atoms with E-state index in [4.69, 9.17) is 5.11 Å². The molecule has 1 aliphatic rings. The largest absolute Gasteiger partial charge is 0.384 e. The summed E-state index contributed by atoms with van der Waals surface area (Å²) in [5.41, 5.74) is 1.45. The highest BCUT2D eigenvalue weighted by atomic mass is 16.2. The molecule has 2 rings (SSSR count). The van der Waals surface area contributed by atoms with Crippen LogP contribution in [-0.4, -0.2) is 35.6 Å². The predicted octanol–water partition coefficient (Wildman–Crippen LogP) is 1.27. The zero-order valence-corrected chi connectivity index (χ0v) is 9.65. The van der Waals surface area contributed by atoms with E-state index in [0.717, 1.165) is 31.5 Å². The second kappa shape index (κ2) is 5.51. The third-order valence-electron chi connectivity index (χ3n) is 2.81. The normalized spacial score (nSPS) is 14.3. The molecule has 1 amide bonds. The number of aliphatic hydroxyl groups is 1. The molecule has 1 heterocycles. The fraction of sp³-hybridized carbons (Fsp3) is 0.357. The zero-order valence-electron chi connectivity index (χ0n) is 9.65. The van der Waals surface area contributed by atoms with Crippen LogP contribution in [0.2, 0.25) is 0 Å². The molecule has 1 aromatic carbocycles. The van der Waals surface area contributed by atoms with Gasteiger partial charge in [-0.05, 0) is 31.0 Å². The van der Waals surface area contributed by atoms with E-state index in [1.54, 1.807) is 6.07 Å². The molecule has 1 fully saturated rings. The first-order valence-corrected chi connectivity index (χ1v) is 5.80. The summed E-state index contributed by atoms with van der Waals surface area (Å²) in [5.74, 6) is 5.47. The van der Waals surface area contributed by atoms with Crippen molar-refractivity contribution in [3.8, 4) is 11.8 Å². The predicted molar refractivity (Wildman–Crippen MR) is 65.5 cm³/mol. The summed E-state index contributed by atoms with van der Waals surface area (Å²) in [4.78, 5) is 14.0. The third-order valence-corrected chi connectivity index (χ3v) is 2.81. The standard InChI is InChI=1S/C14H15NO2/c16-10-4-6-12-5-3-7-13(11-12)14(17)15-8-1-2-9-15/h3,5,7,11,16H,1-2,8-10H2. The van der Waals surface area contributed by atoms with Crippen LogP contribution in [0.4, 0.5) is 0 Å². The van der Waals surface area contributed by atoms with Crippen LogP contribution in [0.25, 0.3) is 0 Å². The number of carbonyl (C=O) groups is 1. The van der Waals surface area contributed by atoms with Gasteiger partial charge in [-0.25, -0.2) is 0 Å². The molecule has 0 aromatic heterocycles. The Bertz CT molecular complexity index is 465. The average Bonchev–Trinajstić information content (AvgIpc) is 2.89. The van der Waals surface area contributed by atoms with Gasteiger partial charge in [-0.15, -0.1) is 0 Å². The summed E-state index contributed by atoms with van der Waals surface area (Å²) >= 11 is 0. The van der Waals surface area contributed by atoms with Crippen molar-refractivity contribution in [2.24, 2.45) is 0 Å². The van der Waals surface area contributed by atoms with Crippen molar-refractivity contribution in [2.75, 3.05) is 19.7 Å². The van der Waals surface area contributed by atoms with Gasteiger partial charge in [-0.2, -0.15) is 0 Å². The maximum Gasteiger partial charge on any atom is 0.253 e. The molecule has 1 N–H and O–H groups in total. The van der Waals surface area contributed by atoms with E-state index in [1.807, 2.05) is 23.1 Å². The molecule has 0 bridgehead atoms. The summed E-state index contributed by atoms with van der Waals surface area (Å²) in [6.45, 7) is 1.54. The highest BCUT2D eigenvalue weighted by Gasteiger charge is 2.19. The quantitative estimate of drug-likeness (QED) is 0.737. The first-order valence-electron chi connectivity index (χ1n) is 5.80. The molecule has 0 aliphatic carbocycles. The van der Waals surface area contributed by atoms with E-state index in [-0.39, 0.29) is 12.5 Å². The van der Waals surface area contributed by atoms with Crippen molar-refractivity contribution >= 4 is 5.91 Å². The van der Waals surface area contributed by atoms with Gasteiger partial charge in [0.25, 0.3) is 5.91 Å². The zero-order chi connectivity index (χ0) is 12.1. The Morgan fingerprint density at radius 2 is 2.12 bits per heavy atom. The fourth-order valence-corrected chi connectivity index (χ4v) is 1.97. The average molecular weight is 229 g/mol. The lowest BCUT2D eigenvalue weighted by Gasteiger charge is -2.15. The first kappa shape index (κ1) is 11.7. The van der Waals surface area contributed by atoms with Crippen molar-refractivity contribution in [1.82, 2.24) is 4.90 Å². The van der Waals surface area contributed by atoms with E-state index < -0.39 is 0 Å². The SMILES string of the molecule is O=C(c1cccc(C#CCO)c1)N1CCCC1. The van der Waals surface area contributed by atoms with E-state index >= 15 is 0 Å². The van der Waals surface area contributed by atoms with Crippen LogP contribution < -0.4 is 0 Å². The Hall–Kier alpha value is -1.79. The van der Waals surface area contributed by atoms with Gasteiger partial charge < -0.3 is 10.0 Å². The summed E-state index contributed by atoms with van der Waals surface area (Å²) in [7, 11) is 0. The van der Waals surface area contributed by atoms with Crippen LogP contribution in [0.15, 0.2) is 24.3 Å². The maximum absolute atomic E-state index is 12.1. The number of carbonyl (C=O) groups excluding carboxylic acids is 1. The first-order chi connectivity index (χ1) is 8.31. The lowest BCUT2D eigenvalue weighted by Crippen LogP contribution is -2.27. The summed E-state index contributed by atoms with van der Waals surface area (Å²) in [5, 5.41) is 8.63. The number of likely N-dealkylation sites (tertiary alicyclic amines) is 1. The molecule has 0 saturated carbocycles. The Balaban J connectivity index is 2.17. The van der Waals surface area contributed by atoms with Crippen molar-refractivity contribution < 1.29 is 9.90 Å². The number of aliphatic hydroxyl groups excluding tert-OH is 1. The molecule has 1 aliphatic heterocycles. The van der Waals surface area contributed by atoms with Crippen LogP contribution >= 0.6 is 0 Å². The van der Waals surface area contributed by atoms with Crippen molar-refractivity contribution in [3.05, 3.63) is 35.4 Å². The molecule has 17 heavy (non-hydrogen) atoms. The van der Waals surface area contributed by atoms with E-state index in [0.29, 0.717) is 5.56 Å². The molecular weight excluding hydrogens is 214 g/mol. The Labute approximate surface area is 101 Å². The van der Waals surface area contributed by atoms with Crippen LogP contribution in [0.1, 0.15) is 28.8 Å². The molecule has 3 heteroatoms. The number of amides is 1. The molecule has 88 valence electrons. The molecule has 0 unspecified atom stereocenters. The molecule has 0 radical (unpaired) electrons. The van der Waals surface area contributed by atoms with Gasteiger partial charge in [0.15, 0.2) is 0 Å². The Morgan fingerprint density at radius 3 is 2.82 bits per heavy atom. The van der Waals surface area contributed by atoms with Gasteiger partial charge >= 0.3 is 0 Å². The second-order valence-corrected chi connectivity index (χ2v) is 4.04. The molecule has 1 saturated heterocycles. The van der Waals surface area contributed by atoms with E-state index in [2.05, 4.69) is 11.8 Å². The van der Waals surface area contributed by atoms with E-state index in [9.17, 15) is 4.79 Å². The summed E-state index contributed by atoms with van der Waals surface area (Å²) in [6.07, 6.45) is 2.19. The number of hydrogen-bond donors (Lipinski definition) is 1. The van der Waals surface area contributed by atoms with Gasteiger partial charge in [0, 0.05) is 24.2 Å². The minimum Gasteiger partial charge on any atom is -0.384 e. The number of benzene rings is 1. The fourth-order valence-electron chi connectivity index (χ4n) is 1.97. The number of rotatable bonds is 1. The molecular formula is C14H15NO2. The molecule has 3 nitrogen and oxygen atoms in total. The minimum absolute atomic E-state index is 0.0788. The molecule has 0 atom stereocenters. The van der Waals surface area contributed by atoms with Gasteiger partial charge in [-0.1, -0.05) is 17.9 Å². The third kappa shape index (κ3) is 2.86. The van der Waals surface area contributed by atoms with Gasteiger partial charge in [-0.3, -0.25) is 4.79 Å².